The molecular weight excluding hydrogens is 433 g/mol. The smallest absolute Gasteiger partial charge is 0.241 e. The van der Waals surface area contributed by atoms with Gasteiger partial charge >= 0.3 is 0 Å². The van der Waals surface area contributed by atoms with Gasteiger partial charge < -0.3 is 10.6 Å². The van der Waals surface area contributed by atoms with Gasteiger partial charge in [0, 0.05) is 11.6 Å². The molecule has 1 aliphatic heterocycles. The van der Waals surface area contributed by atoms with Crippen LogP contribution in [-0.2, 0) is 9.59 Å². The first kappa shape index (κ1) is 21.9. The van der Waals surface area contributed by atoms with Crippen LogP contribution < -0.4 is 10.6 Å². The number of nitrogens with zero attached hydrogens (tertiary/aromatic N) is 1. The van der Waals surface area contributed by atoms with Gasteiger partial charge in [0.1, 0.15) is 0 Å². The van der Waals surface area contributed by atoms with E-state index in [0.717, 1.165) is 5.69 Å². The van der Waals surface area contributed by atoms with E-state index in [1.54, 1.807) is 0 Å². The van der Waals surface area contributed by atoms with Crippen LogP contribution in [0.15, 0.2) is 42.5 Å². The van der Waals surface area contributed by atoms with Crippen molar-refractivity contribution in [3.63, 3.8) is 0 Å². The fourth-order valence-corrected chi connectivity index (χ4v) is 3.93. The molecule has 29 heavy (non-hydrogen) atoms. The van der Waals surface area contributed by atoms with Gasteiger partial charge in [-0.25, -0.2) is 0 Å². The Bertz CT molecular complexity index is 884. The first-order valence-corrected chi connectivity index (χ1v) is 10.5. The van der Waals surface area contributed by atoms with Gasteiger partial charge in [-0.15, -0.1) is 0 Å². The zero-order valence-electron chi connectivity index (χ0n) is 15.9. The fraction of sp³-hybridized carbons (Fsp3) is 0.333. The van der Waals surface area contributed by atoms with Gasteiger partial charge in [0.15, 0.2) is 0 Å². The average molecular weight is 455 g/mol. The van der Waals surface area contributed by atoms with Gasteiger partial charge in [-0.3, -0.25) is 14.5 Å². The SMILES string of the molecule is CC(C(=O)Nc1cc(Cl)c(Cl)cc1Cl)N1CCC(C(=O)Nc2ccccc2)CC1. The van der Waals surface area contributed by atoms with Crippen molar-refractivity contribution in [1.82, 2.24) is 4.90 Å². The summed E-state index contributed by atoms with van der Waals surface area (Å²) >= 11 is 18.1. The second kappa shape index (κ2) is 9.81. The minimum Gasteiger partial charge on any atom is -0.326 e. The third kappa shape index (κ3) is 5.64. The summed E-state index contributed by atoms with van der Waals surface area (Å²) in [5.41, 5.74) is 1.22. The van der Waals surface area contributed by atoms with Crippen molar-refractivity contribution in [1.29, 1.82) is 0 Å². The predicted molar refractivity (Wildman–Crippen MR) is 119 cm³/mol. The van der Waals surface area contributed by atoms with Gasteiger partial charge in [-0.05, 0) is 57.1 Å². The number of hydrogen-bond donors (Lipinski definition) is 2. The molecular formula is C21H22Cl3N3O2. The first-order chi connectivity index (χ1) is 13.8. The first-order valence-electron chi connectivity index (χ1n) is 9.40. The van der Waals surface area contributed by atoms with Gasteiger partial charge in [0.2, 0.25) is 11.8 Å². The predicted octanol–water partition coefficient (Wildman–Crippen LogP) is 5.32. The molecule has 2 aromatic carbocycles. The number of rotatable bonds is 5. The third-order valence-electron chi connectivity index (χ3n) is 5.14. The third-order valence-corrected chi connectivity index (χ3v) is 6.17. The van der Waals surface area contributed by atoms with Gasteiger partial charge in [-0.1, -0.05) is 53.0 Å². The largest absolute Gasteiger partial charge is 0.326 e. The molecule has 1 heterocycles. The van der Waals surface area contributed by atoms with Crippen LogP contribution in [0, 0.1) is 5.92 Å². The molecule has 2 N–H and O–H groups in total. The fourth-order valence-electron chi connectivity index (χ4n) is 3.34. The second-order valence-electron chi connectivity index (χ2n) is 7.08. The summed E-state index contributed by atoms with van der Waals surface area (Å²) in [5.74, 6) is -0.223. The van der Waals surface area contributed by atoms with E-state index in [4.69, 9.17) is 34.8 Å². The number of carbonyl (C=O) groups excluding carboxylic acids is 2. The van der Waals surface area contributed by atoms with Crippen LogP contribution in [0.3, 0.4) is 0 Å². The molecule has 2 amide bonds. The van der Waals surface area contributed by atoms with Crippen LogP contribution in [0.1, 0.15) is 19.8 Å². The van der Waals surface area contributed by atoms with Gasteiger partial charge in [-0.2, -0.15) is 0 Å². The Morgan fingerprint density at radius 1 is 0.966 bits per heavy atom. The maximum Gasteiger partial charge on any atom is 0.241 e. The number of halogens is 3. The number of amides is 2. The standard InChI is InChI=1S/C21H22Cl3N3O2/c1-13(20(28)26-19-12-17(23)16(22)11-18(19)24)27-9-7-14(8-10-27)21(29)25-15-5-3-2-4-6-15/h2-6,11-14H,7-10H2,1H3,(H,25,29)(H,26,28). The normalized spacial score (nSPS) is 16.3. The van der Waals surface area contributed by atoms with E-state index in [1.807, 2.05) is 37.3 Å². The minimum atomic E-state index is -0.362. The molecule has 2 aromatic rings. The van der Waals surface area contributed by atoms with E-state index in [9.17, 15) is 9.59 Å². The van der Waals surface area contributed by atoms with Crippen LogP contribution in [-0.4, -0.2) is 35.8 Å². The van der Waals surface area contributed by atoms with Gasteiger partial charge in [0.05, 0.1) is 26.8 Å². The highest BCUT2D eigenvalue weighted by Crippen LogP contribution is 2.32. The molecule has 5 nitrogen and oxygen atoms in total. The lowest BCUT2D eigenvalue weighted by Gasteiger charge is -2.34. The number of nitrogens with one attached hydrogen (secondary N) is 2. The zero-order valence-corrected chi connectivity index (χ0v) is 18.2. The quantitative estimate of drug-likeness (QED) is 0.601. The van der Waals surface area contributed by atoms with Crippen molar-refractivity contribution >= 4 is 58.0 Å². The Hall–Kier alpha value is -1.79. The highest BCUT2D eigenvalue weighted by atomic mass is 35.5. The lowest BCUT2D eigenvalue weighted by Crippen LogP contribution is -2.47. The number of piperidine rings is 1. The summed E-state index contributed by atoms with van der Waals surface area (Å²) in [5, 5.41) is 6.74. The van der Waals surface area contributed by atoms with E-state index in [2.05, 4.69) is 15.5 Å². The second-order valence-corrected chi connectivity index (χ2v) is 8.30. The topological polar surface area (TPSA) is 61.4 Å². The van der Waals surface area contributed by atoms with E-state index < -0.39 is 0 Å². The lowest BCUT2D eigenvalue weighted by atomic mass is 9.94. The van der Waals surface area contributed by atoms with Crippen molar-refractivity contribution < 1.29 is 9.59 Å². The molecule has 1 fully saturated rings. The highest BCUT2D eigenvalue weighted by molar-refractivity contribution is 6.44. The molecule has 0 aromatic heterocycles. The molecule has 0 bridgehead atoms. The number of para-hydroxylation sites is 1. The number of anilines is 2. The van der Waals surface area contributed by atoms with Crippen molar-refractivity contribution in [2.24, 2.45) is 5.92 Å². The highest BCUT2D eigenvalue weighted by Gasteiger charge is 2.30. The van der Waals surface area contributed by atoms with Crippen LogP contribution in [0.4, 0.5) is 11.4 Å². The number of hydrogen-bond acceptors (Lipinski definition) is 3. The Balaban J connectivity index is 1.53. The van der Waals surface area contributed by atoms with E-state index >= 15 is 0 Å². The van der Waals surface area contributed by atoms with E-state index in [1.165, 1.54) is 12.1 Å². The number of likely N-dealkylation sites (tertiary alicyclic amines) is 1. The monoisotopic (exact) mass is 453 g/mol. The molecule has 1 atom stereocenters. The van der Waals surface area contributed by atoms with Crippen LogP contribution in [0.25, 0.3) is 0 Å². The number of carbonyl (C=O) groups is 2. The van der Waals surface area contributed by atoms with E-state index in [-0.39, 0.29) is 23.8 Å². The zero-order chi connectivity index (χ0) is 21.0. The summed E-state index contributed by atoms with van der Waals surface area (Å²) in [6, 6.07) is 12.1. The summed E-state index contributed by atoms with van der Waals surface area (Å²) in [6.45, 7) is 3.16. The molecule has 0 saturated carbocycles. The Kier molecular flexibility index (Phi) is 7.41. The summed E-state index contributed by atoms with van der Waals surface area (Å²) in [6.07, 6.45) is 1.40. The Morgan fingerprint density at radius 3 is 2.24 bits per heavy atom. The van der Waals surface area contributed by atoms with Crippen molar-refractivity contribution in [2.45, 2.75) is 25.8 Å². The molecule has 0 aliphatic carbocycles. The Labute approximate surface area is 185 Å². The molecule has 1 aliphatic rings. The summed E-state index contributed by atoms with van der Waals surface area (Å²) in [4.78, 5) is 27.2. The average Bonchev–Trinajstić information content (AvgIpc) is 2.72. The molecule has 0 spiro atoms. The summed E-state index contributed by atoms with van der Waals surface area (Å²) in [7, 11) is 0. The van der Waals surface area contributed by atoms with Crippen molar-refractivity contribution in [2.75, 3.05) is 23.7 Å². The molecule has 154 valence electrons. The van der Waals surface area contributed by atoms with Crippen LogP contribution >= 0.6 is 34.8 Å². The molecule has 1 saturated heterocycles. The van der Waals surface area contributed by atoms with Crippen LogP contribution in [0.5, 0.6) is 0 Å². The van der Waals surface area contributed by atoms with E-state index in [0.29, 0.717) is 46.7 Å². The van der Waals surface area contributed by atoms with Crippen molar-refractivity contribution in [3.05, 3.63) is 57.5 Å². The summed E-state index contributed by atoms with van der Waals surface area (Å²) < 4.78 is 0. The molecule has 0 radical (unpaired) electrons. The maximum absolute atomic E-state index is 12.6. The van der Waals surface area contributed by atoms with Crippen LogP contribution in [0.2, 0.25) is 15.1 Å². The lowest BCUT2D eigenvalue weighted by molar-refractivity contribution is -0.123. The minimum absolute atomic E-state index is 0.0237. The molecule has 1 unspecified atom stereocenters. The number of benzene rings is 2. The molecule has 8 heteroatoms. The van der Waals surface area contributed by atoms with Gasteiger partial charge in [0.25, 0.3) is 0 Å². The Morgan fingerprint density at radius 2 is 1.59 bits per heavy atom. The van der Waals surface area contributed by atoms with Crippen molar-refractivity contribution in [3.8, 4) is 0 Å². The maximum atomic E-state index is 12.6. The molecule has 3 rings (SSSR count).